The zero-order valence-electron chi connectivity index (χ0n) is 36.0. The van der Waals surface area contributed by atoms with Gasteiger partial charge in [0.25, 0.3) is 0 Å². The fraction of sp³-hybridized carbons (Fsp3) is 0.0164. The Kier molecular flexibility index (Phi) is 9.55. The number of pyridine rings is 4. The number of nitrogens with zero attached hydrogens (tertiary/aromatic N) is 4. The van der Waals surface area contributed by atoms with Crippen molar-refractivity contribution in [2.75, 3.05) is 0 Å². The summed E-state index contributed by atoms with van der Waals surface area (Å²) in [6.07, 6.45) is 3.70. The third kappa shape index (κ3) is 6.79. The summed E-state index contributed by atoms with van der Waals surface area (Å²) >= 11 is 3.59. The van der Waals surface area contributed by atoms with Crippen LogP contribution in [0.3, 0.4) is 0 Å². The van der Waals surface area contributed by atoms with Crippen LogP contribution in [0.15, 0.2) is 250 Å². The van der Waals surface area contributed by atoms with Crippen molar-refractivity contribution in [2.24, 2.45) is 0 Å². The van der Waals surface area contributed by atoms with Gasteiger partial charge in [0, 0.05) is 64.6 Å². The van der Waals surface area contributed by atoms with Gasteiger partial charge >= 0.3 is 0 Å². The van der Waals surface area contributed by atoms with Crippen LogP contribution in [0.4, 0.5) is 0 Å². The minimum absolute atomic E-state index is 0.743. The molecule has 0 saturated heterocycles. The average molecular weight is 891 g/mol. The maximum Gasteiger partial charge on any atom is 0.0972 e. The summed E-state index contributed by atoms with van der Waals surface area (Å²) < 4.78 is 0. The summed E-state index contributed by atoms with van der Waals surface area (Å²) in [7, 11) is 0. The lowest BCUT2D eigenvalue weighted by molar-refractivity contribution is 0.764. The molecule has 4 nitrogen and oxygen atoms in total. The number of hydrogen-bond donors (Lipinski definition) is 0. The molecular formula is C61H38N4S2. The molecule has 0 saturated carbocycles. The van der Waals surface area contributed by atoms with Crippen molar-refractivity contribution in [1.82, 2.24) is 19.9 Å². The molecule has 0 spiro atoms. The topological polar surface area (TPSA) is 51.6 Å². The van der Waals surface area contributed by atoms with Crippen molar-refractivity contribution in [3.63, 3.8) is 0 Å². The van der Waals surface area contributed by atoms with Crippen molar-refractivity contribution in [1.29, 1.82) is 0 Å². The van der Waals surface area contributed by atoms with Gasteiger partial charge in [-0.15, -0.1) is 0 Å². The maximum atomic E-state index is 5.37. The first-order valence-electron chi connectivity index (χ1n) is 22.4. The number of benzene rings is 8. The Bertz CT molecular complexity index is 3640. The van der Waals surface area contributed by atoms with Gasteiger partial charge in [0.15, 0.2) is 0 Å². The van der Waals surface area contributed by atoms with E-state index in [0.717, 1.165) is 77.3 Å². The van der Waals surface area contributed by atoms with Crippen LogP contribution in [-0.4, -0.2) is 19.9 Å². The zero-order chi connectivity index (χ0) is 44.3. The Morgan fingerprint density at radius 2 is 0.746 bits per heavy atom. The monoisotopic (exact) mass is 890 g/mol. The second kappa shape index (κ2) is 16.2. The van der Waals surface area contributed by atoms with Crippen molar-refractivity contribution < 1.29 is 0 Å². The van der Waals surface area contributed by atoms with Gasteiger partial charge in [-0.3, -0.25) is 9.97 Å². The predicted octanol–water partition coefficient (Wildman–Crippen LogP) is 15.9. The standard InChI is InChI=1S/C61H38N4S2/c1-3-17-47(18-4-1)66-49-27-29-51-52-30-28-50(67-48-19-5-2-6-20-48)38-54(52)61(53(51)37-49,45-15-7-11-43(35-45)55-31-25-41-23-21-39-13-9-33-62-57(39)59(41)64-55)46-16-8-12-44(36-46)56-32-26-42-24-22-40-14-10-34-63-58(40)60(42)65-56/h1-38H. The second-order valence-corrected chi connectivity index (χ2v) is 19.3. The number of rotatable bonds is 8. The van der Waals surface area contributed by atoms with Crippen LogP contribution < -0.4 is 0 Å². The predicted molar refractivity (Wildman–Crippen MR) is 277 cm³/mol. The maximum absolute atomic E-state index is 5.37. The minimum Gasteiger partial charge on any atom is -0.254 e. The van der Waals surface area contributed by atoms with E-state index in [0.29, 0.717) is 0 Å². The van der Waals surface area contributed by atoms with E-state index >= 15 is 0 Å². The third-order valence-corrected chi connectivity index (χ3v) is 15.1. The van der Waals surface area contributed by atoms with Gasteiger partial charge in [0.05, 0.1) is 38.9 Å². The molecule has 0 radical (unpaired) electrons. The summed E-state index contributed by atoms with van der Waals surface area (Å²) in [5.41, 5.74) is 14.0. The van der Waals surface area contributed by atoms with E-state index < -0.39 is 5.41 Å². The molecule has 0 amide bonds. The zero-order valence-corrected chi connectivity index (χ0v) is 37.7. The van der Waals surface area contributed by atoms with Gasteiger partial charge < -0.3 is 0 Å². The van der Waals surface area contributed by atoms with Crippen molar-refractivity contribution in [3.8, 4) is 33.6 Å². The fourth-order valence-corrected chi connectivity index (χ4v) is 11.8. The molecule has 12 aromatic rings. The van der Waals surface area contributed by atoms with Gasteiger partial charge in [0.1, 0.15) is 0 Å². The number of hydrogen-bond acceptors (Lipinski definition) is 6. The fourth-order valence-electron chi connectivity index (χ4n) is 10.0. The van der Waals surface area contributed by atoms with E-state index in [1.54, 1.807) is 23.5 Å². The Labute approximate surface area is 396 Å². The van der Waals surface area contributed by atoms with Crippen molar-refractivity contribution in [2.45, 2.75) is 25.0 Å². The van der Waals surface area contributed by atoms with Crippen LogP contribution >= 0.6 is 23.5 Å². The molecule has 0 aliphatic heterocycles. The smallest absolute Gasteiger partial charge is 0.0972 e. The average Bonchev–Trinajstić information content (AvgIpc) is 3.68. The largest absolute Gasteiger partial charge is 0.254 e. The van der Waals surface area contributed by atoms with E-state index in [-0.39, 0.29) is 0 Å². The minimum atomic E-state index is -0.743. The van der Waals surface area contributed by atoms with Crippen LogP contribution in [0.5, 0.6) is 0 Å². The third-order valence-electron chi connectivity index (χ3n) is 13.1. The first kappa shape index (κ1) is 39.5. The normalized spacial score (nSPS) is 12.7. The molecule has 314 valence electrons. The summed E-state index contributed by atoms with van der Waals surface area (Å²) in [5, 5.41) is 4.28. The lowest BCUT2D eigenvalue weighted by atomic mass is 9.67. The molecule has 0 unspecified atom stereocenters. The first-order valence-corrected chi connectivity index (χ1v) is 24.1. The SMILES string of the molecule is c1ccc(Sc2ccc3c(c2)C(c2cccc(-c4ccc5ccc6cccnc6c5n4)c2)(c2cccc(-c4ccc5ccc6cccnc6c5n4)c2)c2cc(Sc4ccccc4)ccc2-3)cc1. The summed E-state index contributed by atoms with van der Waals surface area (Å²) in [5.74, 6) is 0. The highest BCUT2D eigenvalue weighted by atomic mass is 32.2. The second-order valence-electron chi connectivity index (χ2n) is 17.0. The van der Waals surface area contributed by atoms with E-state index in [4.69, 9.17) is 19.9 Å². The van der Waals surface area contributed by atoms with E-state index in [1.807, 2.05) is 24.5 Å². The molecule has 0 fully saturated rings. The van der Waals surface area contributed by atoms with E-state index in [2.05, 4.69) is 206 Å². The van der Waals surface area contributed by atoms with Crippen molar-refractivity contribution in [3.05, 3.63) is 253 Å². The Morgan fingerprint density at radius 1 is 0.313 bits per heavy atom. The molecule has 0 bridgehead atoms. The van der Waals surface area contributed by atoms with Gasteiger partial charge in [-0.1, -0.05) is 157 Å². The molecule has 1 aliphatic rings. The van der Waals surface area contributed by atoms with Crippen LogP contribution in [0.1, 0.15) is 22.3 Å². The van der Waals surface area contributed by atoms with Gasteiger partial charge in [-0.2, -0.15) is 0 Å². The van der Waals surface area contributed by atoms with Crippen molar-refractivity contribution >= 4 is 67.1 Å². The molecule has 4 aromatic heterocycles. The number of fused-ring (bicyclic) bond motifs is 9. The number of aromatic nitrogens is 4. The summed E-state index contributed by atoms with van der Waals surface area (Å²) in [6, 6.07) is 78.9. The Balaban J connectivity index is 1.07. The quantitative estimate of drug-likeness (QED) is 0.142. The van der Waals surface area contributed by atoms with Crippen LogP contribution in [0.25, 0.3) is 77.3 Å². The molecule has 6 heteroatoms. The van der Waals surface area contributed by atoms with Crippen LogP contribution in [0, 0.1) is 0 Å². The highest BCUT2D eigenvalue weighted by Crippen LogP contribution is 2.58. The van der Waals surface area contributed by atoms with E-state index in [1.165, 1.54) is 41.8 Å². The van der Waals surface area contributed by atoms with Gasteiger partial charge in [-0.05, 0) is 118 Å². The first-order chi connectivity index (χ1) is 33.2. The molecule has 1 aliphatic carbocycles. The molecule has 4 heterocycles. The van der Waals surface area contributed by atoms with Crippen LogP contribution in [-0.2, 0) is 5.41 Å². The highest BCUT2D eigenvalue weighted by Gasteiger charge is 2.47. The molecular weight excluding hydrogens is 853 g/mol. The van der Waals surface area contributed by atoms with E-state index in [9.17, 15) is 0 Å². The molecule has 0 N–H and O–H groups in total. The summed E-state index contributed by atoms with van der Waals surface area (Å²) in [4.78, 5) is 25.1. The van der Waals surface area contributed by atoms with Gasteiger partial charge in [0.2, 0.25) is 0 Å². The molecule has 8 aromatic carbocycles. The highest BCUT2D eigenvalue weighted by molar-refractivity contribution is 7.99. The van der Waals surface area contributed by atoms with Gasteiger partial charge in [-0.25, -0.2) is 9.97 Å². The Hall–Kier alpha value is -7.90. The molecule has 0 atom stereocenters. The molecule has 13 rings (SSSR count). The van der Waals surface area contributed by atoms with Crippen LogP contribution in [0.2, 0.25) is 0 Å². The lowest BCUT2D eigenvalue weighted by Crippen LogP contribution is -2.29. The Morgan fingerprint density at radius 3 is 1.21 bits per heavy atom. The lowest BCUT2D eigenvalue weighted by Gasteiger charge is -2.35. The molecule has 67 heavy (non-hydrogen) atoms. The summed E-state index contributed by atoms with van der Waals surface area (Å²) in [6.45, 7) is 0.